The second-order valence-electron chi connectivity index (χ2n) is 13.2. The first-order valence-corrected chi connectivity index (χ1v) is 17.8. The number of aromatic nitrogens is 2. The number of benzene rings is 6. The van der Waals surface area contributed by atoms with Crippen LogP contribution in [-0.4, -0.2) is 9.97 Å². The molecule has 1 saturated carbocycles. The van der Waals surface area contributed by atoms with Gasteiger partial charge in [0.1, 0.15) is 11.1 Å². The summed E-state index contributed by atoms with van der Waals surface area (Å²) in [5.74, 6) is 0.518. The van der Waals surface area contributed by atoms with Crippen LogP contribution in [0.1, 0.15) is 43.6 Å². The van der Waals surface area contributed by atoms with Crippen LogP contribution in [-0.2, 0) is 0 Å². The van der Waals surface area contributed by atoms with Crippen LogP contribution in [0.2, 0.25) is 0 Å². The highest BCUT2D eigenvalue weighted by atomic mass is 32.1. The average molecular weight is 637 g/mol. The smallest absolute Gasteiger partial charge is 0.246 e. The van der Waals surface area contributed by atoms with Crippen LogP contribution in [0.15, 0.2) is 132 Å². The highest BCUT2D eigenvalue weighted by Crippen LogP contribution is 2.43. The Bertz CT molecular complexity index is 2680. The summed E-state index contributed by atoms with van der Waals surface area (Å²) in [5, 5.41) is 6.17. The maximum Gasteiger partial charge on any atom is 0.246 e. The molecule has 3 aromatic heterocycles. The molecule has 0 aliphatic heterocycles. The maximum atomic E-state index is 6.67. The standard InChI is InChI=1S/C44H32N2OS/c1-2-11-27(12-3-1)37-25-31-13-4-5-18-33(31)40-41-44(47-42(37)40)46-38(26-45-41)32-17-9-15-29(24-32)28-14-8-16-30(23-28)34-20-10-21-36-35-19-6-7-22-39(35)48-43(34)36/h4-10,13-27H,1-3,11-12H2. The van der Waals surface area contributed by atoms with Crippen LogP contribution in [0.4, 0.5) is 0 Å². The van der Waals surface area contributed by atoms with Crippen molar-refractivity contribution in [2.45, 2.75) is 38.0 Å². The summed E-state index contributed by atoms with van der Waals surface area (Å²) in [6.07, 6.45) is 8.22. The topological polar surface area (TPSA) is 38.9 Å². The van der Waals surface area contributed by atoms with E-state index in [0.29, 0.717) is 11.6 Å². The highest BCUT2D eigenvalue weighted by Gasteiger charge is 2.24. The molecule has 3 nitrogen and oxygen atoms in total. The summed E-state index contributed by atoms with van der Waals surface area (Å²) in [6.45, 7) is 0. The van der Waals surface area contributed by atoms with Gasteiger partial charge in [-0.05, 0) is 81.6 Å². The van der Waals surface area contributed by atoms with Gasteiger partial charge in [-0.1, -0.05) is 116 Å². The van der Waals surface area contributed by atoms with Crippen LogP contribution < -0.4 is 0 Å². The largest absolute Gasteiger partial charge is 0.436 e. The molecular weight excluding hydrogens is 605 g/mol. The number of furan rings is 1. The number of thiophene rings is 1. The fourth-order valence-electron chi connectivity index (χ4n) is 7.96. The van der Waals surface area contributed by atoms with Crippen molar-refractivity contribution in [2.24, 2.45) is 0 Å². The second-order valence-corrected chi connectivity index (χ2v) is 14.2. The van der Waals surface area contributed by atoms with Gasteiger partial charge in [-0.2, -0.15) is 0 Å². The lowest BCUT2D eigenvalue weighted by atomic mass is 9.82. The lowest BCUT2D eigenvalue weighted by molar-refractivity contribution is 0.442. The van der Waals surface area contributed by atoms with E-state index in [1.54, 1.807) is 0 Å². The van der Waals surface area contributed by atoms with E-state index >= 15 is 0 Å². The minimum atomic E-state index is 0.518. The molecule has 3 heterocycles. The number of fused-ring (bicyclic) bond motifs is 8. The van der Waals surface area contributed by atoms with Crippen LogP contribution in [0, 0.1) is 0 Å². The number of hydrogen-bond acceptors (Lipinski definition) is 4. The van der Waals surface area contributed by atoms with E-state index in [9.17, 15) is 0 Å². The van der Waals surface area contributed by atoms with Crippen molar-refractivity contribution in [1.82, 2.24) is 9.97 Å². The molecule has 48 heavy (non-hydrogen) atoms. The van der Waals surface area contributed by atoms with Crippen LogP contribution in [0.5, 0.6) is 0 Å². The quantitative estimate of drug-likeness (QED) is 0.193. The Kier molecular flexibility index (Phi) is 6.44. The third-order valence-corrected chi connectivity index (χ3v) is 11.5. The number of nitrogens with zero attached hydrogens (tertiary/aromatic N) is 2. The summed E-state index contributed by atoms with van der Waals surface area (Å²) < 4.78 is 9.33. The molecule has 4 heteroatoms. The van der Waals surface area contributed by atoms with Crippen molar-refractivity contribution < 1.29 is 4.42 Å². The van der Waals surface area contributed by atoms with Gasteiger partial charge in [0.2, 0.25) is 5.71 Å². The molecular formula is C44H32N2OS. The summed E-state index contributed by atoms with van der Waals surface area (Å²) in [7, 11) is 0. The summed E-state index contributed by atoms with van der Waals surface area (Å²) in [6, 6.07) is 43.9. The van der Waals surface area contributed by atoms with Crippen LogP contribution in [0.3, 0.4) is 0 Å². The molecule has 0 unspecified atom stereocenters. The van der Waals surface area contributed by atoms with Gasteiger partial charge in [-0.25, -0.2) is 9.97 Å². The molecule has 1 fully saturated rings. The highest BCUT2D eigenvalue weighted by molar-refractivity contribution is 7.26. The summed E-state index contributed by atoms with van der Waals surface area (Å²) >= 11 is 1.87. The van der Waals surface area contributed by atoms with Gasteiger partial charge in [-0.15, -0.1) is 11.3 Å². The molecule has 0 spiro atoms. The molecule has 0 radical (unpaired) electrons. The van der Waals surface area contributed by atoms with Crippen LogP contribution in [0.25, 0.3) is 86.7 Å². The summed E-state index contributed by atoms with van der Waals surface area (Å²) in [5.41, 5.74) is 10.4. The van der Waals surface area contributed by atoms with E-state index in [0.717, 1.165) is 33.3 Å². The van der Waals surface area contributed by atoms with Gasteiger partial charge in [0.15, 0.2) is 0 Å². The third kappa shape index (κ3) is 4.47. The maximum absolute atomic E-state index is 6.67. The molecule has 0 bridgehead atoms. The molecule has 0 N–H and O–H groups in total. The van der Waals surface area contributed by atoms with E-state index in [2.05, 4.69) is 121 Å². The zero-order valence-electron chi connectivity index (χ0n) is 26.4. The van der Waals surface area contributed by atoms with E-state index < -0.39 is 0 Å². The first-order chi connectivity index (χ1) is 23.8. The molecule has 6 aromatic carbocycles. The van der Waals surface area contributed by atoms with E-state index in [1.807, 2.05) is 17.5 Å². The minimum absolute atomic E-state index is 0.518. The first-order valence-electron chi connectivity index (χ1n) is 17.0. The molecule has 9 aromatic rings. The Balaban J connectivity index is 1.06. The van der Waals surface area contributed by atoms with E-state index in [4.69, 9.17) is 14.4 Å². The van der Waals surface area contributed by atoms with Crippen molar-refractivity contribution in [2.75, 3.05) is 0 Å². The SMILES string of the molecule is c1cc(-c2cccc(-c3cccc4c3sc3ccccc34)c2)cc(-c2cnc3c(n2)oc2c(C4CCCCC4)cc4ccccc4c23)c1. The average Bonchev–Trinajstić information content (AvgIpc) is 3.74. The molecule has 10 rings (SSSR count). The lowest BCUT2D eigenvalue weighted by Gasteiger charge is -2.22. The molecule has 0 saturated heterocycles. The van der Waals surface area contributed by atoms with Crippen molar-refractivity contribution >= 4 is 64.5 Å². The first kappa shape index (κ1) is 27.8. The lowest BCUT2D eigenvalue weighted by Crippen LogP contribution is -2.04. The molecule has 1 aliphatic rings. The Hall–Kier alpha value is -5.32. The van der Waals surface area contributed by atoms with Crippen molar-refractivity contribution in [3.63, 3.8) is 0 Å². The van der Waals surface area contributed by atoms with Crippen molar-refractivity contribution in [3.05, 3.63) is 133 Å². The predicted molar refractivity (Wildman–Crippen MR) is 202 cm³/mol. The van der Waals surface area contributed by atoms with Crippen molar-refractivity contribution in [1.29, 1.82) is 0 Å². The van der Waals surface area contributed by atoms with Gasteiger partial charge < -0.3 is 4.42 Å². The van der Waals surface area contributed by atoms with Gasteiger partial charge in [-0.3, -0.25) is 0 Å². The number of rotatable bonds is 4. The Morgan fingerprint density at radius 1 is 0.625 bits per heavy atom. The zero-order chi connectivity index (χ0) is 31.6. The van der Waals surface area contributed by atoms with Gasteiger partial charge >= 0.3 is 0 Å². The van der Waals surface area contributed by atoms with E-state index in [-0.39, 0.29) is 0 Å². The van der Waals surface area contributed by atoms with Crippen molar-refractivity contribution in [3.8, 4) is 33.5 Å². The van der Waals surface area contributed by atoms with Crippen LogP contribution >= 0.6 is 11.3 Å². The summed E-state index contributed by atoms with van der Waals surface area (Å²) in [4.78, 5) is 10.1. The Labute approximate surface area is 282 Å². The molecule has 230 valence electrons. The fraction of sp³-hybridized carbons (Fsp3) is 0.136. The zero-order valence-corrected chi connectivity index (χ0v) is 27.3. The molecule has 0 amide bonds. The van der Waals surface area contributed by atoms with Gasteiger partial charge in [0.05, 0.1) is 17.3 Å². The number of hydrogen-bond donors (Lipinski definition) is 0. The predicted octanol–water partition coefficient (Wildman–Crippen LogP) is 12.9. The third-order valence-electron chi connectivity index (χ3n) is 10.3. The van der Waals surface area contributed by atoms with E-state index in [1.165, 1.54) is 85.3 Å². The minimum Gasteiger partial charge on any atom is -0.436 e. The second kappa shape index (κ2) is 11.1. The Morgan fingerprint density at radius 3 is 2.21 bits per heavy atom. The normalized spacial score (nSPS) is 14.2. The van der Waals surface area contributed by atoms with Gasteiger partial charge in [0.25, 0.3) is 0 Å². The molecule has 0 atom stereocenters. The fourth-order valence-corrected chi connectivity index (χ4v) is 9.20. The monoisotopic (exact) mass is 636 g/mol. The molecule has 1 aliphatic carbocycles. The van der Waals surface area contributed by atoms with Gasteiger partial charge in [0, 0.05) is 25.7 Å². The Morgan fingerprint density at radius 2 is 1.33 bits per heavy atom.